The average molecular weight is 474 g/mol. The number of carboxylic acids is 1. The van der Waals surface area contributed by atoms with Gasteiger partial charge in [-0.25, -0.2) is 14.6 Å². The van der Waals surface area contributed by atoms with Gasteiger partial charge in [-0.15, -0.1) is 11.3 Å². The Hall–Kier alpha value is -3.37. The summed E-state index contributed by atoms with van der Waals surface area (Å²) in [4.78, 5) is 34.7. The van der Waals surface area contributed by atoms with E-state index < -0.39 is 5.97 Å². The van der Waals surface area contributed by atoms with Gasteiger partial charge in [0.1, 0.15) is 9.90 Å². The number of nitrogens with one attached hydrogen (secondary N) is 2. The third-order valence-electron chi connectivity index (χ3n) is 5.13. The van der Waals surface area contributed by atoms with Crippen molar-refractivity contribution in [3.63, 3.8) is 0 Å². The van der Waals surface area contributed by atoms with Crippen LogP contribution in [0.15, 0.2) is 24.4 Å². The number of carbonyl (C=O) groups is 2. The minimum absolute atomic E-state index is 0.191. The number of thiophene rings is 1. The lowest BCUT2D eigenvalue weighted by molar-refractivity contribution is 0.0703. The molecule has 1 amide bonds. The zero-order chi connectivity index (χ0) is 23.0. The molecule has 0 fully saturated rings. The van der Waals surface area contributed by atoms with Crippen LogP contribution in [0.2, 0.25) is 5.02 Å². The number of benzene rings is 1. The number of aromatic carboxylic acids is 1. The molecule has 4 rings (SSSR count). The lowest BCUT2D eigenvalue weighted by Gasteiger charge is -2.17. The third-order valence-corrected chi connectivity index (χ3v) is 6.61. The highest BCUT2D eigenvalue weighted by atomic mass is 35.5. The van der Waals surface area contributed by atoms with Crippen molar-refractivity contribution < 1.29 is 19.4 Å². The van der Waals surface area contributed by atoms with Crippen LogP contribution < -0.4 is 15.5 Å². The number of aryl methyl sites for hydroxylation is 1. The number of halogens is 1. The summed E-state index contributed by atoms with van der Waals surface area (Å²) in [7, 11) is 1.67. The maximum absolute atomic E-state index is 11.9. The summed E-state index contributed by atoms with van der Waals surface area (Å²) in [5.41, 5.74) is 3.74. The first kappa shape index (κ1) is 21.8. The molecule has 3 N–H and O–H groups in total. The van der Waals surface area contributed by atoms with Gasteiger partial charge in [-0.1, -0.05) is 11.6 Å². The van der Waals surface area contributed by atoms with Gasteiger partial charge in [-0.2, -0.15) is 4.98 Å². The van der Waals surface area contributed by atoms with Crippen molar-refractivity contribution in [2.45, 2.75) is 20.3 Å². The molecule has 0 spiro atoms. The molecule has 2 aromatic heterocycles. The van der Waals surface area contributed by atoms with Crippen LogP contribution in [0, 0.1) is 13.8 Å². The van der Waals surface area contributed by atoms with Crippen LogP contribution in [-0.2, 0) is 11.2 Å². The summed E-state index contributed by atoms with van der Waals surface area (Å²) in [5, 5.41) is 16.0. The van der Waals surface area contributed by atoms with E-state index in [1.807, 2.05) is 32.0 Å². The molecule has 166 valence electrons. The zero-order valence-corrected chi connectivity index (χ0v) is 19.1. The van der Waals surface area contributed by atoms with Gasteiger partial charge in [0, 0.05) is 24.0 Å². The quantitative estimate of drug-likeness (QED) is 0.467. The minimum Gasteiger partial charge on any atom is -0.477 e. The fraction of sp³-hybridized carbons (Fsp3) is 0.238. The first-order valence-corrected chi connectivity index (χ1v) is 10.9. The Labute approximate surface area is 193 Å². The van der Waals surface area contributed by atoms with Crippen LogP contribution in [-0.4, -0.2) is 40.8 Å². The van der Waals surface area contributed by atoms with Crippen molar-refractivity contribution in [3.05, 3.63) is 50.3 Å². The van der Waals surface area contributed by atoms with E-state index >= 15 is 0 Å². The number of hydrogen-bond donors (Lipinski definition) is 3. The largest absolute Gasteiger partial charge is 0.477 e. The van der Waals surface area contributed by atoms with E-state index in [1.54, 1.807) is 7.05 Å². The summed E-state index contributed by atoms with van der Waals surface area (Å²) >= 11 is 7.47. The number of amides is 1. The van der Waals surface area contributed by atoms with Gasteiger partial charge in [0.25, 0.3) is 0 Å². The van der Waals surface area contributed by atoms with E-state index in [0.29, 0.717) is 24.5 Å². The number of nitrogens with zero attached hydrogens (tertiary/aromatic N) is 3. The minimum atomic E-state index is -1.02. The van der Waals surface area contributed by atoms with Gasteiger partial charge >= 0.3 is 12.1 Å². The van der Waals surface area contributed by atoms with Crippen LogP contribution in [0.1, 0.15) is 25.7 Å². The second kappa shape index (κ2) is 8.64. The van der Waals surface area contributed by atoms with Crippen LogP contribution in [0.4, 0.5) is 33.6 Å². The maximum Gasteiger partial charge on any atom is 0.414 e. The highest BCUT2D eigenvalue weighted by molar-refractivity contribution is 7.14. The van der Waals surface area contributed by atoms with Gasteiger partial charge in [-0.05, 0) is 43.2 Å². The van der Waals surface area contributed by atoms with Crippen LogP contribution >= 0.6 is 22.9 Å². The van der Waals surface area contributed by atoms with Crippen LogP contribution in [0.3, 0.4) is 0 Å². The number of fused-ring (bicyclic) bond motifs is 1. The lowest BCUT2D eigenvalue weighted by atomic mass is 10.1. The summed E-state index contributed by atoms with van der Waals surface area (Å²) in [6, 6.07) is 5.55. The van der Waals surface area contributed by atoms with Crippen molar-refractivity contribution in [2.75, 3.05) is 29.2 Å². The first-order valence-electron chi connectivity index (χ1n) is 9.68. The predicted octanol–water partition coefficient (Wildman–Crippen LogP) is 5.12. The van der Waals surface area contributed by atoms with Crippen LogP contribution in [0.25, 0.3) is 0 Å². The predicted molar refractivity (Wildman–Crippen MR) is 124 cm³/mol. The third kappa shape index (κ3) is 4.19. The molecule has 1 aromatic carbocycles. The Morgan fingerprint density at radius 2 is 2.09 bits per heavy atom. The van der Waals surface area contributed by atoms with E-state index in [2.05, 4.69) is 20.6 Å². The van der Waals surface area contributed by atoms with E-state index in [0.717, 1.165) is 27.4 Å². The highest BCUT2D eigenvalue weighted by Crippen LogP contribution is 2.36. The molecule has 0 saturated carbocycles. The Kier molecular flexibility index (Phi) is 5.90. The van der Waals surface area contributed by atoms with Gasteiger partial charge in [-0.3, -0.25) is 4.90 Å². The molecule has 32 heavy (non-hydrogen) atoms. The molecular formula is C21H20ClN5O4S. The molecule has 1 aliphatic rings. The molecule has 1 aliphatic heterocycles. The number of anilines is 5. The maximum atomic E-state index is 11.9. The highest BCUT2D eigenvalue weighted by Gasteiger charge is 2.21. The van der Waals surface area contributed by atoms with E-state index in [1.165, 1.54) is 22.4 Å². The number of ether oxygens (including phenoxy) is 1. The molecule has 11 heteroatoms. The topological polar surface area (TPSA) is 117 Å². The molecular weight excluding hydrogens is 454 g/mol. The molecule has 0 atom stereocenters. The molecule has 3 heterocycles. The first-order chi connectivity index (χ1) is 15.2. The summed E-state index contributed by atoms with van der Waals surface area (Å²) < 4.78 is 5.16. The van der Waals surface area contributed by atoms with Gasteiger partial charge in [0.05, 0.1) is 24.2 Å². The van der Waals surface area contributed by atoms with Gasteiger partial charge < -0.3 is 20.5 Å². The normalized spacial score (nSPS) is 13.2. The second-order valence-corrected chi connectivity index (χ2v) is 8.83. The van der Waals surface area contributed by atoms with Crippen LogP contribution in [0.5, 0.6) is 0 Å². The molecule has 3 aromatic rings. The number of rotatable bonds is 5. The number of aromatic nitrogens is 2. The monoisotopic (exact) mass is 473 g/mol. The number of cyclic esters (lactones) is 1. The fourth-order valence-electron chi connectivity index (χ4n) is 3.32. The Bertz CT molecular complexity index is 1230. The average Bonchev–Trinajstić information content (AvgIpc) is 2.95. The van der Waals surface area contributed by atoms with Crippen molar-refractivity contribution in [2.24, 2.45) is 0 Å². The van der Waals surface area contributed by atoms with Gasteiger partial charge in [0.15, 0.2) is 5.82 Å². The van der Waals surface area contributed by atoms with E-state index in [9.17, 15) is 14.7 Å². The van der Waals surface area contributed by atoms with Crippen molar-refractivity contribution >= 4 is 63.8 Å². The molecule has 0 saturated heterocycles. The lowest BCUT2D eigenvalue weighted by Crippen LogP contribution is -2.25. The zero-order valence-electron chi connectivity index (χ0n) is 17.5. The smallest absolute Gasteiger partial charge is 0.414 e. The summed E-state index contributed by atoms with van der Waals surface area (Å²) in [6.45, 7) is 4.01. The second-order valence-electron chi connectivity index (χ2n) is 7.20. The van der Waals surface area contributed by atoms with Crippen molar-refractivity contribution in [1.29, 1.82) is 0 Å². The Morgan fingerprint density at radius 1 is 1.31 bits per heavy atom. The molecule has 9 nitrogen and oxygen atoms in total. The van der Waals surface area contributed by atoms with E-state index in [4.69, 9.17) is 16.3 Å². The number of carboxylic acid groups (broad SMARTS) is 1. The summed E-state index contributed by atoms with van der Waals surface area (Å²) in [6.07, 6.45) is 1.64. The molecule has 0 aliphatic carbocycles. The summed E-state index contributed by atoms with van der Waals surface area (Å²) in [5.74, 6) is -0.441. The molecule has 0 unspecified atom stereocenters. The Morgan fingerprint density at radius 3 is 2.84 bits per heavy atom. The van der Waals surface area contributed by atoms with Crippen molar-refractivity contribution in [3.8, 4) is 0 Å². The Balaban J connectivity index is 1.61. The SMILES string of the molecule is Cc1sc(C(=O)O)c(Nc2nc(Nc3ccc4c(c3)CCOC(=O)N4C)ncc2Cl)c1C. The van der Waals surface area contributed by atoms with Crippen molar-refractivity contribution in [1.82, 2.24) is 9.97 Å². The number of carbonyl (C=O) groups excluding carboxylic acids is 1. The fourth-order valence-corrected chi connectivity index (χ4v) is 4.42. The number of hydrogen-bond acceptors (Lipinski definition) is 8. The standard InChI is InChI=1S/C21H20ClN5O4S/c1-10-11(2)32-17(19(28)29)16(10)25-18-14(22)9-23-20(26-18)24-13-4-5-15-12(8-13)6-7-31-21(30)27(15)3/h4-5,8-9H,6-7H2,1-3H3,(H,28,29)(H2,23,24,25,26). The molecule has 0 bridgehead atoms. The van der Waals surface area contributed by atoms with Gasteiger partial charge in [0.2, 0.25) is 5.95 Å². The van der Waals surface area contributed by atoms with E-state index in [-0.39, 0.29) is 21.9 Å². The molecule has 0 radical (unpaired) electrons.